The molecule has 0 spiro atoms. The summed E-state index contributed by atoms with van der Waals surface area (Å²) in [5.74, 6) is 0. The van der Waals surface area contributed by atoms with Crippen molar-refractivity contribution in [2.24, 2.45) is 0 Å². The first-order chi connectivity index (χ1) is 27.0. The molecule has 1 aliphatic heterocycles. The second kappa shape index (κ2) is 39.6. The number of hydrogen-bond donors (Lipinski definition) is 0. The maximum absolute atomic E-state index is 12.1. The summed E-state index contributed by atoms with van der Waals surface area (Å²) in [6.07, 6.45) is 45.9. The van der Waals surface area contributed by atoms with Gasteiger partial charge >= 0.3 is 0 Å². The van der Waals surface area contributed by atoms with E-state index in [-0.39, 0.29) is 0 Å². The molecule has 10 heteroatoms. The molecule has 55 heavy (non-hydrogen) atoms. The number of hydroxylamine groups is 5. The number of nitrogens with zero attached hydrogens (tertiary/aromatic N) is 5. The number of hydrogen-bond acceptors (Lipinski definition) is 5. The molecule has 0 aromatic heterocycles. The Labute approximate surface area is 337 Å². The van der Waals surface area contributed by atoms with E-state index in [2.05, 4.69) is 0 Å². The molecule has 0 fully saturated rings. The Morgan fingerprint density at radius 1 is 0.182 bits per heavy atom. The van der Waals surface area contributed by atoms with Crippen LogP contribution in [0.5, 0.6) is 0 Å². The Morgan fingerprint density at radius 3 is 0.473 bits per heavy atom. The largest absolute Gasteiger partial charge is 0.624 e. The lowest BCUT2D eigenvalue weighted by Crippen LogP contribution is -2.07. The van der Waals surface area contributed by atoms with E-state index in [1.165, 1.54) is 0 Å². The van der Waals surface area contributed by atoms with Crippen molar-refractivity contribution in [1.29, 1.82) is 0 Å². The van der Waals surface area contributed by atoms with Gasteiger partial charge in [-0.05, 0) is 64.2 Å². The Kier molecular flexibility index (Phi) is 36.2. The second-order valence-corrected chi connectivity index (χ2v) is 16.2. The van der Waals surface area contributed by atoms with E-state index in [9.17, 15) is 26.0 Å². The topological polar surface area (TPSA) is 130 Å². The van der Waals surface area contributed by atoms with Gasteiger partial charge in [-0.2, -0.15) is 0 Å². The van der Waals surface area contributed by atoms with Crippen LogP contribution in [0.3, 0.4) is 0 Å². The highest BCUT2D eigenvalue weighted by atomic mass is 16.5. The highest BCUT2D eigenvalue weighted by molar-refractivity contribution is 5.52. The molecule has 0 amide bonds. The molecule has 0 aromatic rings. The van der Waals surface area contributed by atoms with Gasteiger partial charge in [0.1, 0.15) is 0 Å². The average molecular weight is 776 g/mol. The third-order valence-electron chi connectivity index (χ3n) is 10.8. The predicted molar refractivity (Wildman–Crippen MR) is 234 cm³/mol. The van der Waals surface area contributed by atoms with Crippen molar-refractivity contribution in [3.63, 3.8) is 0 Å². The standard InChI is InChI=1S/C45H85N5O5/c51-46-36-26-16-6-1-7-17-27-37-47(52)39-29-19-9-3-11-21-31-41-49(54)43-33-23-13-5-15-25-35-45-50(55)44-34-24-14-4-12-22-32-42-48(53)40-30-20-10-2-8-18-28-38-46/h36,39-40,43-44H,1-35,37-38,41-42,45H2/b46-36-,47-39-,48-40-,49-43-,50-44-. The zero-order chi connectivity index (χ0) is 39.7. The maximum atomic E-state index is 12.1. The molecule has 10 nitrogen and oxygen atoms in total. The summed E-state index contributed by atoms with van der Waals surface area (Å²) in [5, 5.41) is 60.6. The number of rotatable bonds is 0. The summed E-state index contributed by atoms with van der Waals surface area (Å²) >= 11 is 0. The van der Waals surface area contributed by atoms with Crippen molar-refractivity contribution < 1.29 is 23.7 Å². The molecule has 0 aliphatic carbocycles. The first-order valence-electron chi connectivity index (χ1n) is 23.3. The molecule has 320 valence electrons. The lowest BCUT2D eigenvalue weighted by atomic mass is 10.1. The molecule has 0 radical (unpaired) electrons. The van der Waals surface area contributed by atoms with Crippen LogP contribution in [0.25, 0.3) is 0 Å². The third-order valence-corrected chi connectivity index (χ3v) is 10.8. The summed E-state index contributed by atoms with van der Waals surface area (Å²) < 4.78 is 5.60. The SMILES string of the molecule is [O-]/[N+]1=C\CCCCCCCC/[N+]([O-])=C/CCCCCCCC/[N+]([O-])=C/CCCCCCCC/[N+]([O-])=C/CCCCCCCC/[N+]([O-])=C/CCCCCCCC1. The van der Waals surface area contributed by atoms with Crippen LogP contribution >= 0.6 is 0 Å². The van der Waals surface area contributed by atoms with Gasteiger partial charge in [0.2, 0.25) is 0 Å². The van der Waals surface area contributed by atoms with Crippen LogP contribution in [-0.2, 0) is 0 Å². The van der Waals surface area contributed by atoms with Crippen LogP contribution < -0.4 is 0 Å². The van der Waals surface area contributed by atoms with Crippen LogP contribution in [0.1, 0.15) is 225 Å². The molecule has 0 bridgehead atoms. The zero-order valence-corrected chi connectivity index (χ0v) is 35.4. The Bertz CT molecular complexity index is 843. The van der Waals surface area contributed by atoms with Crippen molar-refractivity contribution in [3.8, 4) is 0 Å². The van der Waals surface area contributed by atoms with Gasteiger partial charge in [-0.25, -0.2) is 23.7 Å². The summed E-state index contributed by atoms with van der Waals surface area (Å²) in [5.41, 5.74) is 0. The van der Waals surface area contributed by atoms with Crippen molar-refractivity contribution in [2.45, 2.75) is 225 Å². The fraction of sp³-hybridized carbons (Fsp3) is 0.889. The molecule has 1 rings (SSSR count). The monoisotopic (exact) mass is 776 g/mol. The van der Waals surface area contributed by atoms with E-state index in [1.807, 2.05) is 31.1 Å². The van der Waals surface area contributed by atoms with Crippen LogP contribution in [0.4, 0.5) is 0 Å². The molecular formula is C45H85N5O5. The van der Waals surface area contributed by atoms with Gasteiger partial charge in [0.15, 0.2) is 63.8 Å². The normalized spacial score (nSPS) is 27.1. The van der Waals surface area contributed by atoms with E-state index < -0.39 is 0 Å². The van der Waals surface area contributed by atoms with Crippen molar-refractivity contribution >= 4 is 31.1 Å². The van der Waals surface area contributed by atoms with Crippen molar-refractivity contribution in [3.05, 3.63) is 26.0 Å². The van der Waals surface area contributed by atoms with Gasteiger partial charge in [0.05, 0.1) is 0 Å². The first-order valence-corrected chi connectivity index (χ1v) is 23.3. The lowest BCUT2D eigenvalue weighted by molar-refractivity contribution is -0.454. The molecule has 1 heterocycles. The molecule has 0 saturated heterocycles. The smallest absolute Gasteiger partial charge is 0.153 e. The fourth-order valence-corrected chi connectivity index (χ4v) is 7.23. The molecule has 0 atom stereocenters. The highest BCUT2D eigenvalue weighted by Gasteiger charge is 2.02. The predicted octanol–water partition coefficient (Wildman–Crippen LogP) is 11.6. The molecule has 1 aliphatic rings. The highest BCUT2D eigenvalue weighted by Crippen LogP contribution is 2.11. The van der Waals surface area contributed by atoms with Gasteiger partial charge in [0, 0.05) is 64.2 Å². The van der Waals surface area contributed by atoms with Gasteiger partial charge in [-0.15, -0.1) is 0 Å². The third kappa shape index (κ3) is 38.0. The maximum Gasteiger partial charge on any atom is 0.153 e. The summed E-state index contributed by atoms with van der Waals surface area (Å²) in [4.78, 5) is 0. The first kappa shape index (κ1) is 50.4. The fourth-order valence-electron chi connectivity index (χ4n) is 7.23. The minimum atomic E-state index is 0.585. The average Bonchev–Trinajstić information content (AvgIpc) is 3.17. The van der Waals surface area contributed by atoms with Crippen LogP contribution in [-0.4, -0.2) is 87.5 Å². The van der Waals surface area contributed by atoms with Gasteiger partial charge in [-0.1, -0.05) is 96.3 Å². The Morgan fingerprint density at radius 2 is 0.309 bits per heavy atom. The minimum absolute atomic E-state index is 0.585. The van der Waals surface area contributed by atoms with Crippen LogP contribution in [0.15, 0.2) is 0 Å². The zero-order valence-electron chi connectivity index (χ0n) is 35.4. The van der Waals surface area contributed by atoms with E-state index in [1.54, 1.807) is 0 Å². The molecular weight excluding hydrogens is 691 g/mol. The molecule has 0 aromatic carbocycles. The van der Waals surface area contributed by atoms with E-state index in [4.69, 9.17) is 0 Å². The molecule has 0 saturated carbocycles. The quantitative estimate of drug-likeness (QED) is 0.179. The Hall–Kier alpha value is -2.65. The van der Waals surface area contributed by atoms with Crippen LogP contribution in [0.2, 0.25) is 0 Å². The van der Waals surface area contributed by atoms with E-state index in [0.717, 1.165) is 248 Å². The summed E-state index contributed by atoms with van der Waals surface area (Å²) in [6, 6.07) is 0. The summed E-state index contributed by atoms with van der Waals surface area (Å²) in [7, 11) is 0. The lowest BCUT2D eigenvalue weighted by Gasteiger charge is -2.06. The van der Waals surface area contributed by atoms with Gasteiger partial charge in [-0.3, -0.25) is 0 Å². The van der Waals surface area contributed by atoms with Gasteiger partial charge < -0.3 is 26.0 Å². The molecule has 0 unspecified atom stereocenters. The van der Waals surface area contributed by atoms with E-state index in [0.29, 0.717) is 32.7 Å². The van der Waals surface area contributed by atoms with Crippen LogP contribution in [0, 0.1) is 26.0 Å². The van der Waals surface area contributed by atoms with Crippen molar-refractivity contribution in [1.82, 2.24) is 0 Å². The van der Waals surface area contributed by atoms with Gasteiger partial charge in [0.25, 0.3) is 0 Å². The van der Waals surface area contributed by atoms with E-state index >= 15 is 0 Å². The minimum Gasteiger partial charge on any atom is -0.624 e. The second-order valence-electron chi connectivity index (χ2n) is 16.2. The Balaban J connectivity index is 2.29. The molecule has 0 N–H and O–H groups in total. The van der Waals surface area contributed by atoms with Crippen molar-refractivity contribution in [2.75, 3.05) is 32.7 Å². The summed E-state index contributed by atoms with van der Waals surface area (Å²) in [6.45, 7) is 2.93.